The lowest BCUT2D eigenvalue weighted by molar-refractivity contribution is 0.0992. The fraction of sp³-hybridized carbons (Fsp3) is 0.778. The topological polar surface area (TPSA) is 63.5 Å². The highest BCUT2D eigenvalue weighted by Gasteiger charge is 2.41. The summed E-state index contributed by atoms with van der Waals surface area (Å²) in [6.45, 7) is 3.59. The Balaban J connectivity index is 1.36. The monoisotopic (exact) mass is 331 g/mol. The highest BCUT2D eigenvalue weighted by Crippen LogP contribution is 2.34. The predicted octanol–water partition coefficient (Wildman–Crippen LogP) is 2.37. The molecule has 3 fully saturated rings. The molecule has 3 atom stereocenters. The maximum atomic E-state index is 5.93. The van der Waals surface area contributed by atoms with Crippen molar-refractivity contribution in [3.8, 4) is 0 Å². The average molecular weight is 331 g/mol. The Morgan fingerprint density at radius 1 is 1.33 bits per heavy atom. The maximum absolute atomic E-state index is 5.93. The Hall–Kier alpha value is -1.56. The third-order valence-corrected chi connectivity index (χ3v) is 5.53. The molecule has 1 saturated carbocycles. The Kier molecular flexibility index (Phi) is 4.74. The Morgan fingerprint density at radius 2 is 2.21 bits per heavy atom. The molecule has 2 aliphatic heterocycles. The molecule has 6 heteroatoms. The van der Waals surface area contributed by atoms with E-state index in [4.69, 9.17) is 14.8 Å². The summed E-state index contributed by atoms with van der Waals surface area (Å²) in [6, 6.07) is 3.10. The molecule has 3 heterocycles. The van der Waals surface area contributed by atoms with E-state index in [0.29, 0.717) is 30.8 Å². The third kappa shape index (κ3) is 3.43. The van der Waals surface area contributed by atoms with E-state index < -0.39 is 0 Å². The Labute approximate surface area is 144 Å². The number of fused-ring (bicyclic) bond motifs is 2. The second-order valence-electron chi connectivity index (χ2n) is 7.28. The van der Waals surface area contributed by atoms with Crippen molar-refractivity contribution < 1.29 is 4.74 Å². The highest BCUT2D eigenvalue weighted by atomic mass is 16.5. The Bertz CT molecular complexity index is 578. The lowest BCUT2D eigenvalue weighted by Gasteiger charge is -2.22. The molecule has 0 radical (unpaired) electrons. The van der Waals surface area contributed by atoms with Crippen molar-refractivity contribution in [3.63, 3.8) is 0 Å². The van der Waals surface area contributed by atoms with E-state index in [1.165, 1.54) is 38.5 Å². The van der Waals surface area contributed by atoms with Crippen LogP contribution >= 0.6 is 0 Å². The van der Waals surface area contributed by atoms with Gasteiger partial charge in [0.25, 0.3) is 0 Å². The molecule has 1 aromatic heterocycles. The van der Waals surface area contributed by atoms with Crippen molar-refractivity contribution in [1.82, 2.24) is 20.4 Å². The molecule has 2 saturated heterocycles. The fourth-order valence-corrected chi connectivity index (χ4v) is 4.28. The molecule has 2 bridgehead atoms. The molecule has 24 heavy (non-hydrogen) atoms. The molecule has 0 aromatic carbocycles. The van der Waals surface area contributed by atoms with Crippen molar-refractivity contribution in [2.75, 3.05) is 6.54 Å². The number of ether oxygens (including phenoxy) is 1. The summed E-state index contributed by atoms with van der Waals surface area (Å²) in [4.78, 5) is 4.73. The van der Waals surface area contributed by atoms with Gasteiger partial charge in [-0.05, 0) is 45.1 Å². The SMILES string of the molecule is CCNC(=NCc1ccn(C2CCCC2)n1)NC1CC2CCC1O2. The highest BCUT2D eigenvalue weighted by molar-refractivity contribution is 5.80. The van der Waals surface area contributed by atoms with E-state index in [2.05, 4.69) is 34.5 Å². The van der Waals surface area contributed by atoms with Crippen LogP contribution in [0.5, 0.6) is 0 Å². The van der Waals surface area contributed by atoms with Crippen LogP contribution in [0.4, 0.5) is 0 Å². The molecule has 132 valence electrons. The molecule has 4 rings (SSSR count). The minimum Gasteiger partial charge on any atom is -0.373 e. The summed E-state index contributed by atoms with van der Waals surface area (Å²) in [5.41, 5.74) is 1.04. The molecular formula is C18H29N5O. The lowest BCUT2D eigenvalue weighted by Crippen LogP contribution is -2.47. The largest absolute Gasteiger partial charge is 0.373 e. The van der Waals surface area contributed by atoms with E-state index >= 15 is 0 Å². The van der Waals surface area contributed by atoms with Gasteiger partial charge in [0.2, 0.25) is 0 Å². The van der Waals surface area contributed by atoms with Crippen molar-refractivity contribution in [2.45, 2.75) is 82.7 Å². The smallest absolute Gasteiger partial charge is 0.191 e. The average Bonchev–Trinajstić information content (AvgIpc) is 3.36. The van der Waals surface area contributed by atoms with Gasteiger partial charge in [-0.25, -0.2) is 4.99 Å². The number of nitrogens with zero attached hydrogens (tertiary/aromatic N) is 3. The van der Waals surface area contributed by atoms with Gasteiger partial charge in [-0.3, -0.25) is 4.68 Å². The summed E-state index contributed by atoms with van der Waals surface area (Å²) in [5, 5.41) is 11.6. The summed E-state index contributed by atoms with van der Waals surface area (Å²) in [7, 11) is 0. The molecule has 2 N–H and O–H groups in total. The van der Waals surface area contributed by atoms with Crippen molar-refractivity contribution in [2.24, 2.45) is 4.99 Å². The first-order chi connectivity index (χ1) is 11.8. The summed E-state index contributed by atoms with van der Waals surface area (Å²) in [6.07, 6.45) is 11.6. The number of guanidine groups is 1. The van der Waals surface area contributed by atoms with Gasteiger partial charge in [0, 0.05) is 12.7 Å². The third-order valence-electron chi connectivity index (χ3n) is 5.53. The van der Waals surface area contributed by atoms with Crippen LogP contribution in [0.3, 0.4) is 0 Å². The van der Waals surface area contributed by atoms with Crippen molar-refractivity contribution >= 4 is 5.96 Å². The van der Waals surface area contributed by atoms with Crippen LogP contribution in [-0.4, -0.2) is 40.5 Å². The zero-order valence-electron chi connectivity index (χ0n) is 14.6. The second-order valence-corrected chi connectivity index (χ2v) is 7.28. The minimum absolute atomic E-state index is 0.362. The molecule has 3 unspecified atom stereocenters. The van der Waals surface area contributed by atoms with Crippen molar-refractivity contribution in [1.29, 1.82) is 0 Å². The van der Waals surface area contributed by atoms with Gasteiger partial charge in [-0.15, -0.1) is 0 Å². The molecule has 1 aromatic rings. The van der Waals surface area contributed by atoms with E-state index in [0.717, 1.165) is 24.6 Å². The van der Waals surface area contributed by atoms with Crippen LogP contribution in [0, 0.1) is 0 Å². The zero-order valence-corrected chi connectivity index (χ0v) is 14.6. The van der Waals surface area contributed by atoms with Gasteiger partial charge >= 0.3 is 0 Å². The van der Waals surface area contributed by atoms with Gasteiger partial charge < -0.3 is 15.4 Å². The van der Waals surface area contributed by atoms with E-state index in [1.807, 2.05) is 0 Å². The van der Waals surface area contributed by atoms with Crippen LogP contribution in [0.25, 0.3) is 0 Å². The van der Waals surface area contributed by atoms with E-state index in [1.54, 1.807) is 0 Å². The van der Waals surface area contributed by atoms with Crippen LogP contribution < -0.4 is 10.6 Å². The van der Waals surface area contributed by atoms with Gasteiger partial charge in [-0.1, -0.05) is 12.8 Å². The van der Waals surface area contributed by atoms with Crippen LogP contribution in [-0.2, 0) is 11.3 Å². The lowest BCUT2D eigenvalue weighted by atomic mass is 9.96. The van der Waals surface area contributed by atoms with Crippen molar-refractivity contribution in [3.05, 3.63) is 18.0 Å². The molecule has 6 nitrogen and oxygen atoms in total. The molecule has 0 spiro atoms. The first-order valence-corrected chi connectivity index (χ1v) is 9.56. The van der Waals surface area contributed by atoms with Gasteiger partial charge in [-0.2, -0.15) is 5.10 Å². The number of nitrogens with one attached hydrogen (secondary N) is 2. The molecule has 0 amide bonds. The molecular weight excluding hydrogens is 302 g/mol. The summed E-state index contributed by atoms with van der Waals surface area (Å²) >= 11 is 0. The summed E-state index contributed by atoms with van der Waals surface area (Å²) in [5.74, 6) is 0.883. The molecule has 3 aliphatic rings. The minimum atomic E-state index is 0.362. The number of rotatable bonds is 5. The quantitative estimate of drug-likeness (QED) is 0.642. The first-order valence-electron chi connectivity index (χ1n) is 9.56. The normalized spacial score (nSPS) is 30.2. The van der Waals surface area contributed by atoms with E-state index in [-0.39, 0.29) is 0 Å². The fourth-order valence-electron chi connectivity index (χ4n) is 4.28. The van der Waals surface area contributed by atoms with Gasteiger partial charge in [0.05, 0.1) is 36.5 Å². The standard InChI is InChI=1S/C18H29N5O/c1-2-19-18(21-16-11-15-7-8-17(16)24-15)20-12-13-9-10-23(22-13)14-5-3-4-6-14/h9-10,14-17H,2-8,11-12H2,1H3,(H2,19,20,21). The first kappa shape index (κ1) is 15.9. The number of hydrogen-bond acceptors (Lipinski definition) is 3. The maximum Gasteiger partial charge on any atom is 0.191 e. The van der Waals surface area contributed by atoms with Crippen LogP contribution in [0.15, 0.2) is 17.3 Å². The summed E-state index contributed by atoms with van der Waals surface area (Å²) < 4.78 is 8.07. The van der Waals surface area contributed by atoms with Gasteiger partial charge in [0.1, 0.15) is 0 Å². The van der Waals surface area contributed by atoms with Gasteiger partial charge in [0.15, 0.2) is 5.96 Å². The number of aromatic nitrogens is 2. The van der Waals surface area contributed by atoms with E-state index in [9.17, 15) is 0 Å². The molecule has 1 aliphatic carbocycles. The second kappa shape index (κ2) is 7.13. The predicted molar refractivity (Wildman–Crippen MR) is 94.0 cm³/mol. The van der Waals surface area contributed by atoms with Crippen LogP contribution in [0.1, 0.15) is 63.6 Å². The number of aliphatic imine (C=N–C) groups is 1. The number of hydrogen-bond donors (Lipinski definition) is 2. The van der Waals surface area contributed by atoms with Crippen LogP contribution in [0.2, 0.25) is 0 Å². The Morgan fingerprint density at radius 3 is 2.92 bits per heavy atom. The zero-order chi connectivity index (χ0) is 16.4.